The van der Waals surface area contributed by atoms with Gasteiger partial charge in [0.25, 0.3) is 0 Å². The molecule has 0 aliphatic carbocycles. The van der Waals surface area contributed by atoms with Crippen LogP contribution in [0.4, 0.5) is 10.1 Å². The smallest absolute Gasteiger partial charge is 0.136 e. The predicted molar refractivity (Wildman–Crippen MR) is 105 cm³/mol. The summed E-state index contributed by atoms with van der Waals surface area (Å²) in [4.78, 5) is 4.34. The molecule has 136 valence electrons. The zero-order valence-corrected chi connectivity index (χ0v) is 15.5. The highest BCUT2D eigenvalue weighted by molar-refractivity contribution is 7.16. The number of benzene rings is 3. The summed E-state index contributed by atoms with van der Waals surface area (Å²) in [6.07, 6.45) is 0.365. The first kappa shape index (κ1) is 17.9. The highest BCUT2D eigenvalue weighted by Gasteiger charge is 2.18. The van der Waals surface area contributed by atoms with Gasteiger partial charge in [-0.15, -0.1) is 16.6 Å². The first-order valence-electron chi connectivity index (χ1n) is 8.10. The van der Waals surface area contributed by atoms with Gasteiger partial charge in [-0.3, -0.25) is 10.4 Å². The lowest BCUT2D eigenvalue weighted by Gasteiger charge is -2.12. The van der Waals surface area contributed by atoms with E-state index in [1.165, 1.54) is 11.3 Å². The molecule has 0 bridgehead atoms. The molecule has 4 nitrogen and oxygen atoms in total. The van der Waals surface area contributed by atoms with Gasteiger partial charge in [0.15, 0.2) is 0 Å². The average molecular weight is 401 g/mol. The molecule has 0 aliphatic heterocycles. The Kier molecular flexibility index (Phi) is 4.80. The maximum atomic E-state index is 15.4. The normalized spacial score (nSPS) is 11.1. The number of anilines is 1. The van der Waals surface area contributed by atoms with E-state index in [0.717, 1.165) is 10.3 Å². The van der Waals surface area contributed by atoms with Crippen LogP contribution in [0.2, 0.25) is 5.02 Å². The van der Waals surface area contributed by atoms with Crippen molar-refractivity contribution in [3.05, 3.63) is 82.1 Å². The molecule has 7 heteroatoms. The first-order valence-corrected chi connectivity index (χ1v) is 9.36. The number of aromatic nitrogens is 1. The Labute approximate surface area is 163 Å². The summed E-state index contributed by atoms with van der Waals surface area (Å²) < 4.78 is 16.3. The average Bonchev–Trinajstić information content (AvgIpc) is 3.10. The molecule has 0 radical (unpaired) electrons. The van der Waals surface area contributed by atoms with Crippen LogP contribution in [0.5, 0.6) is 0 Å². The third kappa shape index (κ3) is 3.52. The van der Waals surface area contributed by atoms with Gasteiger partial charge in [-0.05, 0) is 47.0 Å². The largest absolute Gasteiger partial charge is 0.264 e. The van der Waals surface area contributed by atoms with Crippen LogP contribution in [0.1, 0.15) is 11.1 Å². The van der Waals surface area contributed by atoms with Gasteiger partial charge in [0, 0.05) is 17.0 Å². The second-order valence-corrected chi connectivity index (χ2v) is 7.39. The summed E-state index contributed by atoms with van der Waals surface area (Å²) in [5.74, 6) is -0.328. The topological polar surface area (TPSA) is 56.6 Å². The van der Waals surface area contributed by atoms with E-state index >= 15 is 4.39 Å². The van der Waals surface area contributed by atoms with Gasteiger partial charge in [0.2, 0.25) is 0 Å². The summed E-state index contributed by atoms with van der Waals surface area (Å²) in [5.41, 5.74) is 5.07. The van der Waals surface area contributed by atoms with Crippen molar-refractivity contribution in [1.29, 1.82) is 0 Å². The lowest BCUT2D eigenvalue weighted by atomic mass is 9.97. The molecule has 0 saturated heterocycles. The van der Waals surface area contributed by atoms with Crippen LogP contribution in [-0.4, -0.2) is 15.4 Å². The number of nitrogens with zero attached hydrogens (tertiary/aromatic N) is 2. The van der Waals surface area contributed by atoms with Gasteiger partial charge in [0.05, 0.1) is 21.4 Å². The molecule has 4 aromatic rings. The molecule has 0 amide bonds. The Hall–Kier alpha value is -2.51. The van der Waals surface area contributed by atoms with Gasteiger partial charge < -0.3 is 0 Å². The van der Waals surface area contributed by atoms with Crippen molar-refractivity contribution in [3.8, 4) is 11.1 Å². The van der Waals surface area contributed by atoms with Gasteiger partial charge in [0.1, 0.15) is 5.82 Å². The third-order valence-corrected chi connectivity index (χ3v) is 5.32. The van der Waals surface area contributed by atoms with Crippen molar-refractivity contribution in [2.75, 3.05) is 5.23 Å². The first-order chi connectivity index (χ1) is 13.0. The summed E-state index contributed by atoms with van der Waals surface area (Å²) in [7, 11) is 0. The molecule has 0 spiro atoms. The molecule has 0 atom stereocenters. The maximum Gasteiger partial charge on any atom is 0.136 e. The lowest BCUT2D eigenvalue weighted by Crippen LogP contribution is -2.10. The zero-order chi connectivity index (χ0) is 19.0. The van der Waals surface area contributed by atoms with Crippen molar-refractivity contribution in [3.63, 3.8) is 0 Å². The summed E-state index contributed by atoms with van der Waals surface area (Å²) in [6.45, 7) is 0. The van der Waals surface area contributed by atoms with E-state index in [1.54, 1.807) is 48.0 Å². The second-order valence-electron chi connectivity index (χ2n) is 6.07. The highest BCUT2D eigenvalue weighted by Crippen LogP contribution is 2.36. The molecule has 0 aliphatic rings. The fourth-order valence-corrected chi connectivity index (χ4v) is 3.97. The van der Waals surface area contributed by atoms with Crippen LogP contribution in [0.15, 0.2) is 60.1 Å². The molecule has 1 aromatic heterocycles. The van der Waals surface area contributed by atoms with Gasteiger partial charge >= 0.3 is 0 Å². The molecule has 0 saturated carbocycles. The van der Waals surface area contributed by atoms with E-state index < -0.39 is 0 Å². The van der Waals surface area contributed by atoms with Crippen molar-refractivity contribution < 1.29 is 14.8 Å². The fourth-order valence-electron chi connectivity index (χ4n) is 3.03. The quantitative estimate of drug-likeness (QED) is 0.417. The standard InChI is InChI=1S/C20H14ClFN2O2S/c21-15-3-1-2-13(9-15)18-19(22)14(10-17-20(18)23-11-27-17)8-12-4-6-16(7-5-12)24(25)26/h1-7,9-11,25-26H,8H2. The van der Waals surface area contributed by atoms with Crippen LogP contribution in [-0.2, 0) is 6.42 Å². The Bertz CT molecular complexity index is 1110. The highest BCUT2D eigenvalue weighted by atomic mass is 35.5. The minimum Gasteiger partial charge on any atom is -0.264 e. The van der Waals surface area contributed by atoms with E-state index in [-0.39, 0.29) is 16.7 Å². The van der Waals surface area contributed by atoms with Crippen LogP contribution < -0.4 is 5.23 Å². The molecule has 27 heavy (non-hydrogen) atoms. The van der Waals surface area contributed by atoms with Crippen molar-refractivity contribution in [2.24, 2.45) is 0 Å². The Balaban J connectivity index is 1.81. The number of hydrogen-bond donors (Lipinski definition) is 2. The lowest BCUT2D eigenvalue weighted by molar-refractivity contribution is 0.0291. The van der Waals surface area contributed by atoms with E-state index in [2.05, 4.69) is 4.98 Å². The van der Waals surface area contributed by atoms with Gasteiger partial charge in [-0.2, -0.15) is 0 Å². The number of fused-ring (bicyclic) bond motifs is 1. The predicted octanol–water partition coefficient (Wildman–Crippen LogP) is 5.93. The van der Waals surface area contributed by atoms with E-state index in [0.29, 0.717) is 33.7 Å². The Morgan fingerprint density at radius 3 is 2.56 bits per heavy atom. The SMILES string of the molecule is ON(O)c1ccc(Cc2cc3scnc3c(-c3cccc(Cl)c3)c2F)cc1. The number of halogens is 2. The summed E-state index contributed by atoms with van der Waals surface area (Å²) in [6, 6.07) is 15.5. The van der Waals surface area contributed by atoms with Crippen LogP contribution in [0, 0.1) is 5.82 Å². The molecule has 3 aromatic carbocycles. The third-order valence-electron chi connectivity index (χ3n) is 4.31. The summed E-state index contributed by atoms with van der Waals surface area (Å²) in [5, 5.41) is 18.7. The van der Waals surface area contributed by atoms with Crippen molar-refractivity contribution in [2.45, 2.75) is 6.42 Å². The molecular weight excluding hydrogens is 387 g/mol. The van der Waals surface area contributed by atoms with E-state index in [4.69, 9.17) is 22.0 Å². The van der Waals surface area contributed by atoms with Crippen molar-refractivity contribution in [1.82, 2.24) is 4.98 Å². The minimum atomic E-state index is -0.328. The van der Waals surface area contributed by atoms with Crippen molar-refractivity contribution >= 4 is 38.8 Å². The number of rotatable bonds is 4. The van der Waals surface area contributed by atoms with Crippen LogP contribution in [0.3, 0.4) is 0 Å². The second kappa shape index (κ2) is 7.25. The molecule has 0 fully saturated rings. The number of thiazole rings is 1. The van der Waals surface area contributed by atoms with Crippen LogP contribution >= 0.6 is 22.9 Å². The maximum absolute atomic E-state index is 15.4. The molecule has 1 heterocycles. The zero-order valence-electron chi connectivity index (χ0n) is 13.9. The molecular formula is C20H14ClFN2O2S. The van der Waals surface area contributed by atoms with Crippen LogP contribution in [0.25, 0.3) is 21.3 Å². The monoisotopic (exact) mass is 400 g/mol. The molecule has 0 unspecified atom stereocenters. The summed E-state index contributed by atoms with van der Waals surface area (Å²) >= 11 is 7.55. The molecule has 4 rings (SSSR count). The van der Waals surface area contributed by atoms with E-state index in [1.807, 2.05) is 12.1 Å². The Morgan fingerprint density at radius 2 is 1.85 bits per heavy atom. The van der Waals surface area contributed by atoms with E-state index in [9.17, 15) is 0 Å². The fraction of sp³-hybridized carbons (Fsp3) is 0.0500. The Morgan fingerprint density at radius 1 is 1.07 bits per heavy atom. The number of hydrogen-bond acceptors (Lipinski definition) is 5. The minimum absolute atomic E-state index is 0.0466. The van der Waals surface area contributed by atoms with Gasteiger partial charge in [-0.25, -0.2) is 9.37 Å². The molecule has 2 N–H and O–H groups in total. The van der Waals surface area contributed by atoms with Gasteiger partial charge in [-0.1, -0.05) is 35.9 Å².